The summed E-state index contributed by atoms with van der Waals surface area (Å²) in [7, 11) is -1.96. The monoisotopic (exact) mass is 379 g/mol. The van der Waals surface area contributed by atoms with Crippen molar-refractivity contribution in [1.82, 2.24) is 29.2 Å². The molecule has 1 saturated heterocycles. The van der Waals surface area contributed by atoms with Crippen LogP contribution in [-0.2, 0) is 14.8 Å². The van der Waals surface area contributed by atoms with Crippen LogP contribution in [0.3, 0.4) is 0 Å². The summed E-state index contributed by atoms with van der Waals surface area (Å²) in [5.41, 5.74) is 0. The lowest BCUT2D eigenvalue weighted by Crippen LogP contribution is -2.51. The molecule has 0 bridgehead atoms. The second-order valence-corrected chi connectivity index (χ2v) is 8.18. The molecule has 1 aliphatic heterocycles. The maximum atomic E-state index is 12.2. The number of likely N-dealkylation sites (N-methyl/N-ethyl adjacent to an activating group) is 1. The van der Waals surface area contributed by atoms with Crippen LogP contribution in [0, 0.1) is 0 Å². The van der Waals surface area contributed by atoms with Crippen molar-refractivity contribution in [3.05, 3.63) is 30.6 Å². The smallest absolute Gasteiger partial charge is 0.238 e. The minimum absolute atomic E-state index is 0.142. The fraction of sp³-hybridized carbons (Fsp3) is 0.467. The number of carbonyl (C=O) groups excluding carboxylic acids is 1. The number of hydrogen-bond donors (Lipinski definition) is 0. The predicted octanol–water partition coefficient (Wildman–Crippen LogP) is -0.798. The van der Waals surface area contributed by atoms with Gasteiger partial charge >= 0.3 is 0 Å². The predicted molar refractivity (Wildman–Crippen MR) is 95.4 cm³/mol. The molecule has 3 rings (SSSR count). The molecule has 0 unspecified atom stereocenters. The largest absolute Gasteiger partial charge is 0.352 e. The zero-order valence-corrected chi connectivity index (χ0v) is 15.5. The Morgan fingerprint density at radius 3 is 2.35 bits per heavy atom. The molecule has 0 aliphatic carbocycles. The van der Waals surface area contributed by atoms with Gasteiger partial charge in [-0.1, -0.05) is 0 Å². The molecule has 2 aromatic heterocycles. The van der Waals surface area contributed by atoms with Crippen LogP contribution in [0.1, 0.15) is 0 Å². The summed E-state index contributed by atoms with van der Waals surface area (Å²) in [4.78, 5) is 16.0. The topological polar surface area (TPSA) is 105 Å². The normalized spacial score (nSPS) is 15.5. The van der Waals surface area contributed by atoms with E-state index in [1.165, 1.54) is 7.05 Å². The highest BCUT2D eigenvalue weighted by Gasteiger charge is 2.24. The Hall–Kier alpha value is -2.53. The molecule has 0 atom stereocenters. The first-order chi connectivity index (χ1) is 12.3. The fourth-order valence-electron chi connectivity index (χ4n) is 2.61. The van der Waals surface area contributed by atoms with Gasteiger partial charge in [0, 0.05) is 45.6 Å². The number of hydrogen-bond acceptors (Lipinski definition) is 7. The summed E-state index contributed by atoms with van der Waals surface area (Å²) in [6, 6.07) is 5.53. The van der Waals surface area contributed by atoms with Crippen LogP contribution < -0.4 is 4.90 Å². The molecule has 1 amide bonds. The molecule has 0 radical (unpaired) electrons. The Labute approximate surface area is 152 Å². The molecule has 0 N–H and O–H groups in total. The van der Waals surface area contributed by atoms with E-state index in [1.54, 1.807) is 22.0 Å². The number of nitrogens with zero attached hydrogens (tertiary/aromatic N) is 7. The third kappa shape index (κ3) is 4.17. The Kier molecular flexibility index (Phi) is 5.18. The van der Waals surface area contributed by atoms with Crippen molar-refractivity contribution >= 4 is 21.7 Å². The van der Waals surface area contributed by atoms with Gasteiger partial charge in [-0.05, 0) is 18.2 Å². The summed E-state index contributed by atoms with van der Waals surface area (Å²) in [5.74, 6) is 1.18. The molecule has 140 valence electrons. The van der Waals surface area contributed by atoms with E-state index in [0.29, 0.717) is 32.0 Å². The summed E-state index contributed by atoms with van der Waals surface area (Å²) >= 11 is 0. The van der Waals surface area contributed by atoms with E-state index in [0.717, 1.165) is 16.4 Å². The van der Waals surface area contributed by atoms with Crippen LogP contribution in [-0.4, -0.2) is 89.5 Å². The first-order valence-corrected chi connectivity index (χ1v) is 9.97. The highest BCUT2D eigenvalue weighted by Crippen LogP contribution is 2.14. The second kappa shape index (κ2) is 7.38. The lowest BCUT2D eigenvalue weighted by atomic mass is 10.3. The molecule has 0 spiro atoms. The van der Waals surface area contributed by atoms with E-state index in [4.69, 9.17) is 0 Å². The zero-order valence-electron chi connectivity index (χ0n) is 14.7. The quantitative estimate of drug-likeness (QED) is 0.670. The van der Waals surface area contributed by atoms with Gasteiger partial charge in [-0.25, -0.2) is 13.1 Å². The number of anilines is 1. The van der Waals surface area contributed by atoms with Crippen molar-refractivity contribution in [2.45, 2.75) is 0 Å². The zero-order chi connectivity index (χ0) is 18.7. The van der Waals surface area contributed by atoms with Crippen molar-refractivity contribution < 1.29 is 13.2 Å². The summed E-state index contributed by atoms with van der Waals surface area (Å²) in [6.07, 6.45) is 4.55. The van der Waals surface area contributed by atoms with Gasteiger partial charge in [-0.3, -0.25) is 4.79 Å². The van der Waals surface area contributed by atoms with Gasteiger partial charge in [-0.2, -0.15) is 9.40 Å². The summed E-state index contributed by atoms with van der Waals surface area (Å²) in [6.45, 7) is 2.11. The minimum Gasteiger partial charge on any atom is -0.352 e. The molecule has 26 heavy (non-hydrogen) atoms. The van der Waals surface area contributed by atoms with Gasteiger partial charge in [0.2, 0.25) is 15.9 Å². The maximum Gasteiger partial charge on any atom is 0.238 e. The van der Waals surface area contributed by atoms with Crippen molar-refractivity contribution in [2.75, 3.05) is 50.9 Å². The number of sulfonamides is 1. The molecular weight excluding hydrogens is 358 g/mol. The van der Waals surface area contributed by atoms with Gasteiger partial charge in [0.1, 0.15) is 0 Å². The lowest BCUT2D eigenvalue weighted by Gasteiger charge is -2.35. The minimum atomic E-state index is -3.36. The third-order valence-corrected chi connectivity index (χ3v) is 5.52. The van der Waals surface area contributed by atoms with Crippen LogP contribution in [0.15, 0.2) is 30.6 Å². The molecule has 2 aromatic rings. The number of aromatic nitrogens is 4. The van der Waals surface area contributed by atoms with E-state index < -0.39 is 10.0 Å². The second-order valence-electron chi connectivity index (χ2n) is 6.09. The molecular formula is C15H21N7O3S. The SMILES string of the molecule is CN(CC(=O)N1CCN(c2ccc(-n3cccn3)nn2)CC1)S(C)(=O)=O. The van der Waals surface area contributed by atoms with Gasteiger partial charge in [-0.15, -0.1) is 10.2 Å². The number of piperazine rings is 1. The lowest BCUT2D eigenvalue weighted by molar-refractivity contribution is -0.131. The number of carbonyl (C=O) groups is 1. The van der Waals surface area contributed by atoms with E-state index >= 15 is 0 Å². The number of rotatable bonds is 5. The molecule has 0 saturated carbocycles. The van der Waals surface area contributed by atoms with Crippen molar-refractivity contribution in [2.24, 2.45) is 0 Å². The first kappa shape index (κ1) is 18.3. The van der Waals surface area contributed by atoms with Gasteiger partial charge in [0.05, 0.1) is 12.8 Å². The molecule has 10 nitrogen and oxygen atoms in total. The highest BCUT2D eigenvalue weighted by atomic mass is 32.2. The van der Waals surface area contributed by atoms with Crippen molar-refractivity contribution in [3.8, 4) is 5.82 Å². The van der Waals surface area contributed by atoms with Gasteiger partial charge in [0.25, 0.3) is 0 Å². The Morgan fingerprint density at radius 1 is 1.15 bits per heavy atom. The average Bonchev–Trinajstić information content (AvgIpc) is 3.16. The van der Waals surface area contributed by atoms with Crippen molar-refractivity contribution in [3.63, 3.8) is 0 Å². The summed E-state index contributed by atoms with van der Waals surface area (Å²) < 4.78 is 25.5. The Bertz CT molecular complexity index is 844. The fourth-order valence-corrected chi connectivity index (χ4v) is 2.95. The van der Waals surface area contributed by atoms with Gasteiger partial charge in [0.15, 0.2) is 11.6 Å². The third-order valence-electron chi connectivity index (χ3n) is 4.26. The van der Waals surface area contributed by atoms with E-state index in [9.17, 15) is 13.2 Å². The van der Waals surface area contributed by atoms with Crippen molar-refractivity contribution in [1.29, 1.82) is 0 Å². The molecule has 3 heterocycles. The standard InChI is InChI=1S/C15H21N7O3S/c1-19(26(2,24)25)12-15(23)21-10-8-20(9-11-21)13-4-5-14(18-17-13)22-7-3-6-16-22/h3-7H,8-12H2,1-2H3. The molecule has 1 aliphatic rings. The van der Waals surface area contributed by atoms with Crippen LogP contribution in [0.5, 0.6) is 0 Å². The van der Waals surface area contributed by atoms with E-state index in [-0.39, 0.29) is 12.5 Å². The van der Waals surface area contributed by atoms with Crippen LogP contribution in [0.2, 0.25) is 0 Å². The van der Waals surface area contributed by atoms with Crippen LogP contribution in [0.25, 0.3) is 5.82 Å². The van der Waals surface area contributed by atoms with Crippen LogP contribution in [0.4, 0.5) is 5.82 Å². The Balaban J connectivity index is 1.56. The first-order valence-electron chi connectivity index (χ1n) is 8.12. The Morgan fingerprint density at radius 2 is 1.81 bits per heavy atom. The average molecular weight is 379 g/mol. The van der Waals surface area contributed by atoms with E-state index in [1.807, 2.05) is 23.1 Å². The molecule has 0 aromatic carbocycles. The van der Waals surface area contributed by atoms with Gasteiger partial charge < -0.3 is 9.80 Å². The van der Waals surface area contributed by atoms with Crippen LogP contribution >= 0.6 is 0 Å². The summed E-state index contributed by atoms with van der Waals surface area (Å²) in [5, 5.41) is 12.5. The molecule has 1 fully saturated rings. The highest BCUT2D eigenvalue weighted by molar-refractivity contribution is 7.88. The maximum absolute atomic E-state index is 12.2. The van der Waals surface area contributed by atoms with E-state index in [2.05, 4.69) is 15.3 Å². The molecule has 11 heteroatoms. The number of amides is 1.